The molecule has 1 heterocycles. The van der Waals surface area contributed by atoms with Crippen molar-refractivity contribution in [1.82, 2.24) is 0 Å². The lowest BCUT2D eigenvalue weighted by Gasteiger charge is -2.01. The lowest BCUT2D eigenvalue weighted by molar-refractivity contribution is -0.141. The quantitative estimate of drug-likeness (QED) is 0.828. The summed E-state index contributed by atoms with van der Waals surface area (Å²) in [6.45, 7) is 0. The second kappa shape index (κ2) is 3.25. The molecule has 0 aliphatic heterocycles. The van der Waals surface area contributed by atoms with Gasteiger partial charge in [-0.15, -0.1) is 0 Å². The summed E-state index contributed by atoms with van der Waals surface area (Å²) in [4.78, 5) is 10.9. The number of hydrogen-bond acceptors (Lipinski definition) is 2. The summed E-state index contributed by atoms with van der Waals surface area (Å²) in [5.74, 6) is -0.299. The van der Waals surface area contributed by atoms with Gasteiger partial charge in [-0.2, -0.15) is 0 Å². The van der Waals surface area contributed by atoms with Crippen LogP contribution < -0.4 is 0 Å². The fourth-order valence-corrected chi connectivity index (χ4v) is 2.44. The van der Waals surface area contributed by atoms with Crippen LogP contribution in [0.1, 0.15) is 11.3 Å². The molecule has 0 fully saturated rings. The molecular formula is C12H9ClO3. The third-order valence-corrected chi connectivity index (χ3v) is 3.31. The molecule has 1 aliphatic carbocycles. The van der Waals surface area contributed by atoms with Gasteiger partial charge in [0.15, 0.2) is 0 Å². The van der Waals surface area contributed by atoms with Gasteiger partial charge >= 0.3 is 5.97 Å². The van der Waals surface area contributed by atoms with E-state index in [1.165, 1.54) is 0 Å². The van der Waals surface area contributed by atoms with Crippen molar-refractivity contribution in [2.75, 3.05) is 0 Å². The van der Waals surface area contributed by atoms with Gasteiger partial charge in [0.1, 0.15) is 11.3 Å². The van der Waals surface area contributed by atoms with E-state index in [1.807, 2.05) is 6.07 Å². The highest BCUT2D eigenvalue weighted by Gasteiger charge is 2.31. The van der Waals surface area contributed by atoms with Gasteiger partial charge in [-0.25, -0.2) is 0 Å². The number of carboxylic acids is 1. The normalized spacial score (nSPS) is 18.9. The van der Waals surface area contributed by atoms with E-state index in [-0.39, 0.29) is 5.92 Å². The SMILES string of the molecule is O=C(O)C1Cc2oc3cc(Cl)ccc3c2C1. The van der Waals surface area contributed by atoms with Crippen LogP contribution in [0, 0.1) is 5.92 Å². The number of benzene rings is 1. The molecule has 4 heteroatoms. The predicted molar refractivity (Wildman–Crippen MR) is 59.8 cm³/mol. The van der Waals surface area contributed by atoms with E-state index in [0.29, 0.717) is 17.9 Å². The molecule has 0 bridgehead atoms. The summed E-state index contributed by atoms with van der Waals surface area (Å²) in [6.07, 6.45) is 1.04. The maximum atomic E-state index is 10.9. The lowest BCUT2D eigenvalue weighted by Crippen LogP contribution is -2.13. The van der Waals surface area contributed by atoms with Crippen molar-refractivity contribution < 1.29 is 14.3 Å². The van der Waals surface area contributed by atoms with Crippen molar-refractivity contribution in [3.63, 3.8) is 0 Å². The smallest absolute Gasteiger partial charge is 0.307 e. The van der Waals surface area contributed by atoms with Crippen LogP contribution in [0.5, 0.6) is 0 Å². The number of carboxylic acid groups (broad SMARTS) is 1. The molecule has 1 atom stereocenters. The summed E-state index contributed by atoms with van der Waals surface area (Å²) < 4.78 is 5.62. The Bertz CT molecular complexity index is 585. The molecule has 1 unspecified atom stereocenters. The Kier molecular flexibility index (Phi) is 1.98. The molecule has 1 aromatic carbocycles. The average molecular weight is 237 g/mol. The van der Waals surface area contributed by atoms with Gasteiger partial charge in [-0.3, -0.25) is 4.79 Å². The number of fused-ring (bicyclic) bond motifs is 3. The number of halogens is 1. The summed E-state index contributed by atoms with van der Waals surface area (Å²) in [5, 5.41) is 10.6. The van der Waals surface area contributed by atoms with Gasteiger partial charge in [0.05, 0.1) is 5.92 Å². The van der Waals surface area contributed by atoms with E-state index in [0.717, 1.165) is 22.3 Å². The fraction of sp³-hybridized carbons (Fsp3) is 0.250. The first-order valence-electron chi connectivity index (χ1n) is 5.08. The summed E-state index contributed by atoms with van der Waals surface area (Å²) in [6, 6.07) is 5.46. The zero-order valence-electron chi connectivity index (χ0n) is 8.37. The van der Waals surface area contributed by atoms with Gasteiger partial charge in [-0.05, 0) is 18.6 Å². The van der Waals surface area contributed by atoms with Crippen LogP contribution in [-0.4, -0.2) is 11.1 Å². The van der Waals surface area contributed by atoms with Crippen LogP contribution >= 0.6 is 11.6 Å². The molecule has 1 N–H and O–H groups in total. The van der Waals surface area contributed by atoms with E-state index < -0.39 is 5.97 Å². The van der Waals surface area contributed by atoms with Crippen LogP contribution in [-0.2, 0) is 17.6 Å². The maximum absolute atomic E-state index is 10.9. The molecule has 3 rings (SSSR count). The van der Waals surface area contributed by atoms with Crippen LogP contribution in [0.4, 0.5) is 0 Å². The van der Waals surface area contributed by atoms with Gasteiger partial charge < -0.3 is 9.52 Å². The number of carbonyl (C=O) groups is 1. The number of furan rings is 1. The molecule has 82 valence electrons. The maximum Gasteiger partial charge on any atom is 0.307 e. The number of hydrogen-bond donors (Lipinski definition) is 1. The Morgan fingerprint density at radius 2 is 2.25 bits per heavy atom. The zero-order valence-corrected chi connectivity index (χ0v) is 9.12. The molecule has 1 aromatic heterocycles. The number of rotatable bonds is 1. The lowest BCUT2D eigenvalue weighted by atomic mass is 10.1. The van der Waals surface area contributed by atoms with Crippen LogP contribution in [0.3, 0.4) is 0 Å². The van der Waals surface area contributed by atoms with Gasteiger partial charge in [0.2, 0.25) is 0 Å². The van der Waals surface area contributed by atoms with Crippen molar-refractivity contribution in [3.05, 3.63) is 34.5 Å². The molecule has 0 saturated heterocycles. The molecular weight excluding hydrogens is 228 g/mol. The molecule has 3 nitrogen and oxygen atoms in total. The molecule has 0 amide bonds. The van der Waals surface area contributed by atoms with Crippen molar-refractivity contribution in [1.29, 1.82) is 0 Å². The monoisotopic (exact) mass is 236 g/mol. The highest BCUT2D eigenvalue weighted by Crippen LogP contribution is 2.36. The highest BCUT2D eigenvalue weighted by molar-refractivity contribution is 6.31. The van der Waals surface area contributed by atoms with Crippen LogP contribution in [0.15, 0.2) is 22.6 Å². The van der Waals surface area contributed by atoms with Crippen molar-refractivity contribution in [2.45, 2.75) is 12.8 Å². The first-order valence-corrected chi connectivity index (χ1v) is 5.45. The van der Waals surface area contributed by atoms with E-state index in [4.69, 9.17) is 21.1 Å². The molecule has 1 aliphatic rings. The summed E-state index contributed by atoms with van der Waals surface area (Å²) in [7, 11) is 0. The van der Waals surface area contributed by atoms with E-state index in [1.54, 1.807) is 12.1 Å². The first-order chi connectivity index (χ1) is 7.65. The van der Waals surface area contributed by atoms with E-state index >= 15 is 0 Å². The third kappa shape index (κ3) is 1.32. The number of aliphatic carboxylic acids is 1. The standard InChI is InChI=1S/C12H9ClO3/c13-7-1-2-8-9-3-6(12(14)15)4-10(9)16-11(8)5-7/h1-2,5-6H,3-4H2,(H,14,15). The largest absolute Gasteiger partial charge is 0.481 e. The molecule has 0 spiro atoms. The molecule has 0 saturated carbocycles. The minimum absolute atomic E-state index is 0.339. The van der Waals surface area contributed by atoms with Crippen molar-refractivity contribution in [3.8, 4) is 0 Å². The van der Waals surface area contributed by atoms with Crippen molar-refractivity contribution in [2.24, 2.45) is 5.92 Å². The predicted octanol–water partition coefficient (Wildman–Crippen LogP) is 2.89. The summed E-state index contributed by atoms with van der Waals surface area (Å²) in [5.41, 5.74) is 1.78. The average Bonchev–Trinajstić information content (AvgIpc) is 2.73. The van der Waals surface area contributed by atoms with Crippen molar-refractivity contribution >= 4 is 28.5 Å². The van der Waals surface area contributed by atoms with E-state index in [9.17, 15) is 4.79 Å². The minimum atomic E-state index is -0.756. The molecule has 0 radical (unpaired) electrons. The third-order valence-electron chi connectivity index (χ3n) is 3.07. The van der Waals surface area contributed by atoms with Gasteiger partial charge in [0, 0.05) is 28.5 Å². The Balaban J connectivity index is 2.12. The zero-order chi connectivity index (χ0) is 11.3. The van der Waals surface area contributed by atoms with Gasteiger partial charge in [0.25, 0.3) is 0 Å². The highest BCUT2D eigenvalue weighted by atomic mass is 35.5. The Labute approximate surface area is 96.6 Å². The Morgan fingerprint density at radius 3 is 3.00 bits per heavy atom. The first kappa shape index (κ1) is 9.73. The topological polar surface area (TPSA) is 50.4 Å². The van der Waals surface area contributed by atoms with Crippen LogP contribution in [0.25, 0.3) is 11.0 Å². The molecule has 16 heavy (non-hydrogen) atoms. The van der Waals surface area contributed by atoms with E-state index in [2.05, 4.69) is 0 Å². The second-order valence-electron chi connectivity index (χ2n) is 4.09. The van der Waals surface area contributed by atoms with Gasteiger partial charge in [-0.1, -0.05) is 11.6 Å². The second-order valence-corrected chi connectivity index (χ2v) is 4.52. The molecule has 2 aromatic rings. The Morgan fingerprint density at radius 1 is 1.44 bits per heavy atom. The Hall–Kier alpha value is -1.48. The summed E-state index contributed by atoms with van der Waals surface area (Å²) >= 11 is 5.87. The van der Waals surface area contributed by atoms with Crippen LogP contribution in [0.2, 0.25) is 5.02 Å². The minimum Gasteiger partial charge on any atom is -0.481 e. The fourth-order valence-electron chi connectivity index (χ4n) is 2.28.